The summed E-state index contributed by atoms with van der Waals surface area (Å²) in [7, 11) is 2.17. The Labute approximate surface area is 123 Å². The zero-order valence-electron chi connectivity index (χ0n) is 13.0. The van der Waals surface area contributed by atoms with Gasteiger partial charge in [-0.15, -0.1) is 0 Å². The fourth-order valence-electron chi connectivity index (χ4n) is 3.73. The van der Waals surface area contributed by atoms with E-state index in [-0.39, 0.29) is 11.3 Å². The van der Waals surface area contributed by atoms with Gasteiger partial charge in [-0.25, -0.2) is 0 Å². The second kappa shape index (κ2) is 7.41. The average Bonchev–Trinajstić information content (AvgIpc) is 2.72. The predicted molar refractivity (Wildman–Crippen MR) is 82.5 cm³/mol. The first-order chi connectivity index (χ1) is 9.68. The van der Waals surface area contributed by atoms with Crippen molar-refractivity contribution in [1.29, 1.82) is 0 Å². The van der Waals surface area contributed by atoms with E-state index < -0.39 is 0 Å². The number of hydrogen-bond donors (Lipinski definition) is 2. The molecule has 2 rings (SSSR count). The molecule has 1 aliphatic carbocycles. The van der Waals surface area contributed by atoms with Crippen LogP contribution in [-0.4, -0.2) is 43.5 Å². The number of hydrogen-bond acceptors (Lipinski definition) is 3. The molecule has 116 valence electrons. The van der Waals surface area contributed by atoms with Crippen molar-refractivity contribution in [3.63, 3.8) is 0 Å². The summed E-state index contributed by atoms with van der Waals surface area (Å²) in [6.07, 6.45) is 10.5. The molecule has 1 unspecified atom stereocenters. The minimum absolute atomic E-state index is 0.209. The summed E-state index contributed by atoms with van der Waals surface area (Å²) in [5.74, 6) is 0.209. The van der Waals surface area contributed by atoms with Crippen LogP contribution in [0.2, 0.25) is 0 Å². The van der Waals surface area contributed by atoms with E-state index in [1.165, 1.54) is 32.1 Å². The van der Waals surface area contributed by atoms with Crippen molar-refractivity contribution in [3.05, 3.63) is 0 Å². The predicted octanol–water partition coefficient (Wildman–Crippen LogP) is 1.89. The van der Waals surface area contributed by atoms with Gasteiger partial charge in [0.05, 0.1) is 5.41 Å². The van der Waals surface area contributed by atoms with Gasteiger partial charge in [-0.1, -0.05) is 32.1 Å². The zero-order chi connectivity index (χ0) is 14.4. The van der Waals surface area contributed by atoms with Gasteiger partial charge in [0.25, 0.3) is 0 Å². The molecular formula is C16H31N3O. The monoisotopic (exact) mass is 281 g/mol. The molecular weight excluding hydrogens is 250 g/mol. The number of rotatable bonds is 4. The highest BCUT2D eigenvalue weighted by molar-refractivity contribution is 5.83. The summed E-state index contributed by atoms with van der Waals surface area (Å²) in [6.45, 7) is 2.44. The SMILES string of the molecule is CN1CCCCC1CNC(=O)C1(CN)CCCCCC1. The Bertz CT molecular complexity index is 311. The van der Waals surface area contributed by atoms with Crippen LogP contribution in [0.4, 0.5) is 0 Å². The van der Waals surface area contributed by atoms with Gasteiger partial charge < -0.3 is 16.0 Å². The van der Waals surface area contributed by atoms with E-state index in [9.17, 15) is 4.79 Å². The van der Waals surface area contributed by atoms with Gasteiger partial charge in [-0.05, 0) is 39.3 Å². The maximum Gasteiger partial charge on any atom is 0.227 e. The molecule has 4 nitrogen and oxygen atoms in total. The number of nitrogens with one attached hydrogen (secondary N) is 1. The first-order valence-corrected chi connectivity index (χ1v) is 8.36. The van der Waals surface area contributed by atoms with Gasteiger partial charge in [0.2, 0.25) is 5.91 Å². The van der Waals surface area contributed by atoms with Crippen molar-refractivity contribution < 1.29 is 4.79 Å². The normalized spacial score (nSPS) is 27.8. The van der Waals surface area contributed by atoms with E-state index >= 15 is 0 Å². The fraction of sp³-hybridized carbons (Fsp3) is 0.938. The van der Waals surface area contributed by atoms with Crippen molar-refractivity contribution in [1.82, 2.24) is 10.2 Å². The maximum atomic E-state index is 12.6. The molecule has 1 atom stereocenters. The number of likely N-dealkylation sites (N-methyl/N-ethyl adjacent to an activating group) is 1. The molecule has 2 fully saturated rings. The molecule has 0 spiro atoms. The third-order valence-electron chi connectivity index (χ3n) is 5.35. The molecule has 20 heavy (non-hydrogen) atoms. The number of likely N-dealkylation sites (tertiary alicyclic amines) is 1. The molecule has 0 aromatic carbocycles. The van der Waals surface area contributed by atoms with Gasteiger partial charge in [0.1, 0.15) is 0 Å². The number of carbonyl (C=O) groups excluding carboxylic acids is 1. The second-order valence-electron chi connectivity index (χ2n) is 6.74. The number of nitrogens with zero attached hydrogens (tertiary/aromatic N) is 1. The first kappa shape index (κ1) is 15.8. The zero-order valence-corrected chi connectivity index (χ0v) is 13.0. The Morgan fingerprint density at radius 3 is 2.50 bits per heavy atom. The van der Waals surface area contributed by atoms with Crippen LogP contribution in [-0.2, 0) is 4.79 Å². The van der Waals surface area contributed by atoms with Crippen LogP contribution in [0.25, 0.3) is 0 Å². The Morgan fingerprint density at radius 1 is 1.20 bits per heavy atom. The van der Waals surface area contributed by atoms with Crippen LogP contribution in [0.3, 0.4) is 0 Å². The molecule has 3 N–H and O–H groups in total. The summed E-state index contributed by atoms with van der Waals surface area (Å²) >= 11 is 0. The van der Waals surface area contributed by atoms with Crippen LogP contribution in [0.5, 0.6) is 0 Å². The highest BCUT2D eigenvalue weighted by Gasteiger charge is 2.37. The molecule has 0 radical (unpaired) electrons. The van der Waals surface area contributed by atoms with E-state index in [4.69, 9.17) is 5.73 Å². The van der Waals surface area contributed by atoms with E-state index in [0.717, 1.165) is 38.8 Å². The Hall–Kier alpha value is -0.610. The number of amides is 1. The third kappa shape index (κ3) is 3.73. The molecule has 0 aromatic rings. The lowest BCUT2D eigenvalue weighted by Gasteiger charge is -2.35. The van der Waals surface area contributed by atoms with Gasteiger partial charge in [-0.3, -0.25) is 4.79 Å². The molecule has 4 heteroatoms. The van der Waals surface area contributed by atoms with Gasteiger partial charge in [-0.2, -0.15) is 0 Å². The van der Waals surface area contributed by atoms with Crippen LogP contribution in [0.15, 0.2) is 0 Å². The number of carbonyl (C=O) groups is 1. The van der Waals surface area contributed by atoms with Crippen molar-refractivity contribution in [2.24, 2.45) is 11.1 Å². The van der Waals surface area contributed by atoms with Crippen LogP contribution in [0, 0.1) is 5.41 Å². The fourth-order valence-corrected chi connectivity index (χ4v) is 3.73. The standard InChI is InChI=1S/C16H31N3O/c1-19-11-7-4-8-14(19)12-18-15(20)16(13-17)9-5-2-3-6-10-16/h14H,2-13,17H2,1H3,(H,18,20). The number of piperidine rings is 1. The topological polar surface area (TPSA) is 58.4 Å². The van der Waals surface area contributed by atoms with Crippen molar-refractivity contribution >= 4 is 5.91 Å². The minimum Gasteiger partial charge on any atom is -0.354 e. The van der Waals surface area contributed by atoms with Crippen molar-refractivity contribution in [2.75, 3.05) is 26.7 Å². The summed E-state index contributed by atoms with van der Waals surface area (Å²) in [4.78, 5) is 15.0. The van der Waals surface area contributed by atoms with Gasteiger partial charge in [0, 0.05) is 19.1 Å². The largest absolute Gasteiger partial charge is 0.354 e. The number of nitrogens with two attached hydrogens (primary N) is 1. The highest BCUT2D eigenvalue weighted by atomic mass is 16.2. The Morgan fingerprint density at radius 2 is 1.90 bits per heavy atom. The summed E-state index contributed by atoms with van der Waals surface area (Å²) in [6, 6.07) is 0.508. The Kier molecular flexibility index (Phi) is 5.85. The lowest BCUT2D eigenvalue weighted by atomic mass is 9.79. The van der Waals surface area contributed by atoms with Crippen molar-refractivity contribution in [3.8, 4) is 0 Å². The smallest absolute Gasteiger partial charge is 0.227 e. The molecule has 1 aliphatic heterocycles. The first-order valence-electron chi connectivity index (χ1n) is 8.36. The molecule has 0 bridgehead atoms. The lowest BCUT2D eigenvalue weighted by molar-refractivity contribution is -0.131. The molecule has 1 saturated carbocycles. The molecule has 2 aliphatic rings. The highest BCUT2D eigenvalue weighted by Crippen LogP contribution is 2.34. The minimum atomic E-state index is -0.288. The van der Waals surface area contributed by atoms with Crippen molar-refractivity contribution in [2.45, 2.75) is 63.8 Å². The van der Waals surface area contributed by atoms with E-state index in [0.29, 0.717) is 12.6 Å². The summed E-state index contributed by atoms with van der Waals surface area (Å²) < 4.78 is 0. The van der Waals surface area contributed by atoms with E-state index in [1.54, 1.807) is 0 Å². The van der Waals surface area contributed by atoms with Crippen LogP contribution >= 0.6 is 0 Å². The van der Waals surface area contributed by atoms with Gasteiger partial charge in [0.15, 0.2) is 0 Å². The van der Waals surface area contributed by atoms with Gasteiger partial charge >= 0.3 is 0 Å². The molecule has 1 heterocycles. The molecule has 1 amide bonds. The lowest BCUT2D eigenvalue weighted by Crippen LogP contribution is -2.50. The van der Waals surface area contributed by atoms with Crippen LogP contribution in [0.1, 0.15) is 57.8 Å². The average molecular weight is 281 g/mol. The summed E-state index contributed by atoms with van der Waals surface area (Å²) in [5.41, 5.74) is 5.69. The third-order valence-corrected chi connectivity index (χ3v) is 5.35. The summed E-state index contributed by atoms with van der Waals surface area (Å²) in [5, 5.41) is 3.21. The second-order valence-corrected chi connectivity index (χ2v) is 6.74. The maximum absolute atomic E-state index is 12.6. The quantitative estimate of drug-likeness (QED) is 0.774. The Balaban J connectivity index is 1.88. The van der Waals surface area contributed by atoms with E-state index in [2.05, 4.69) is 17.3 Å². The van der Waals surface area contributed by atoms with Crippen LogP contribution < -0.4 is 11.1 Å². The van der Waals surface area contributed by atoms with E-state index in [1.807, 2.05) is 0 Å². The molecule has 1 saturated heterocycles. The molecule has 0 aromatic heterocycles.